The van der Waals surface area contributed by atoms with Gasteiger partial charge in [-0.05, 0) is 61.6 Å². The van der Waals surface area contributed by atoms with E-state index in [9.17, 15) is 25.6 Å². The molecule has 0 amide bonds. The Balaban J connectivity index is 1.72. The van der Waals surface area contributed by atoms with Gasteiger partial charge < -0.3 is 9.80 Å². The highest BCUT2D eigenvalue weighted by atomic mass is 32.2. The van der Waals surface area contributed by atoms with E-state index in [1.165, 1.54) is 36.4 Å². The third-order valence-corrected chi connectivity index (χ3v) is 8.30. The molecule has 186 valence electrons. The number of hydrogen-bond donors (Lipinski definition) is 2. The standard InChI is InChI=1S/C23H24F2N4O4S2/c1-28-10-12-29(13-11-28)19-8-9-22(26-34(30,31)20-6-2-4-17(24)14-20)23(16-19)27-35(32,33)21-7-3-5-18(25)15-21/h2-9,14-16,26-27H,10-13H2,1H3. The van der Waals surface area contributed by atoms with Crippen molar-refractivity contribution in [1.82, 2.24) is 4.90 Å². The molecule has 0 bridgehead atoms. The topological polar surface area (TPSA) is 98.8 Å². The summed E-state index contributed by atoms with van der Waals surface area (Å²) in [6, 6.07) is 13.6. The minimum absolute atomic E-state index is 0.0503. The van der Waals surface area contributed by atoms with Gasteiger partial charge in [-0.1, -0.05) is 12.1 Å². The third-order valence-electron chi connectivity index (χ3n) is 5.57. The molecule has 1 heterocycles. The zero-order valence-corrected chi connectivity index (χ0v) is 20.4. The molecule has 1 saturated heterocycles. The fourth-order valence-corrected chi connectivity index (χ4v) is 5.86. The van der Waals surface area contributed by atoms with Gasteiger partial charge in [0.15, 0.2) is 0 Å². The molecule has 0 aromatic heterocycles. The van der Waals surface area contributed by atoms with E-state index in [2.05, 4.69) is 14.3 Å². The summed E-state index contributed by atoms with van der Waals surface area (Å²) in [6.45, 7) is 3.00. The summed E-state index contributed by atoms with van der Waals surface area (Å²) in [5, 5.41) is 0. The average molecular weight is 523 g/mol. The quantitative estimate of drug-likeness (QED) is 0.494. The molecule has 1 aliphatic rings. The van der Waals surface area contributed by atoms with Gasteiger partial charge in [0.25, 0.3) is 20.0 Å². The predicted octanol–water partition coefficient (Wildman–Crippen LogP) is 3.32. The molecule has 0 unspecified atom stereocenters. The number of piperazine rings is 1. The van der Waals surface area contributed by atoms with Crippen LogP contribution in [0.5, 0.6) is 0 Å². The van der Waals surface area contributed by atoms with Gasteiger partial charge in [-0.25, -0.2) is 25.6 Å². The molecule has 3 aromatic carbocycles. The van der Waals surface area contributed by atoms with Crippen LogP contribution in [0.2, 0.25) is 0 Å². The number of nitrogens with one attached hydrogen (secondary N) is 2. The number of rotatable bonds is 7. The number of likely N-dealkylation sites (N-methyl/N-ethyl adjacent to an activating group) is 1. The smallest absolute Gasteiger partial charge is 0.262 e. The van der Waals surface area contributed by atoms with Gasteiger partial charge in [0.1, 0.15) is 11.6 Å². The summed E-state index contributed by atoms with van der Waals surface area (Å²) in [5.74, 6) is -1.46. The van der Waals surface area contributed by atoms with Crippen molar-refractivity contribution in [3.05, 3.63) is 78.4 Å². The van der Waals surface area contributed by atoms with Crippen LogP contribution in [0.25, 0.3) is 0 Å². The summed E-state index contributed by atoms with van der Waals surface area (Å²) >= 11 is 0. The molecular weight excluding hydrogens is 498 g/mol. The van der Waals surface area contributed by atoms with Crippen molar-refractivity contribution in [2.24, 2.45) is 0 Å². The van der Waals surface area contributed by atoms with Crippen LogP contribution in [0.3, 0.4) is 0 Å². The molecule has 35 heavy (non-hydrogen) atoms. The maximum absolute atomic E-state index is 13.7. The normalized spacial score (nSPS) is 15.1. The Labute approximate surface area is 203 Å². The van der Waals surface area contributed by atoms with Crippen molar-refractivity contribution in [2.45, 2.75) is 9.79 Å². The fourth-order valence-electron chi connectivity index (χ4n) is 3.64. The number of halogens is 2. The largest absolute Gasteiger partial charge is 0.369 e. The molecule has 3 aromatic rings. The molecule has 12 heteroatoms. The Kier molecular flexibility index (Phi) is 6.97. The number of benzene rings is 3. The molecular formula is C23H24F2N4O4S2. The lowest BCUT2D eigenvalue weighted by Crippen LogP contribution is -2.44. The first kappa shape index (κ1) is 24.9. The van der Waals surface area contributed by atoms with Crippen molar-refractivity contribution in [3.8, 4) is 0 Å². The van der Waals surface area contributed by atoms with Gasteiger partial charge in [0.2, 0.25) is 0 Å². The second-order valence-electron chi connectivity index (χ2n) is 8.15. The lowest BCUT2D eigenvalue weighted by Gasteiger charge is -2.34. The molecule has 1 fully saturated rings. The molecule has 8 nitrogen and oxygen atoms in total. The van der Waals surface area contributed by atoms with E-state index in [1.54, 1.807) is 6.07 Å². The summed E-state index contributed by atoms with van der Waals surface area (Å²) in [6.07, 6.45) is 0. The van der Waals surface area contributed by atoms with Gasteiger partial charge in [0, 0.05) is 31.9 Å². The van der Waals surface area contributed by atoms with Gasteiger partial charge in [-0.15, -0.1) is 0 Å². The highest BCUT2D eigenvalue weighted by molar-refractivity contribution is 7.93. The Morgan fingerprint density at radius 2 is 1.20 bits per heavy atom. The molecule has 0 radical (unpaired) electrons. The number of hydrogen-bond acceptors (Lipinski definition) is 6. The van der Waals surface area contributed by atoms with Crippen LogP contribution in [0.4, 0.5) is 25.8 Å². The van der Waals surface area contributed by atoms with Crippen LogP contribution in [-0.4, -0.2) is 55.0 Å². The van der Waals surface area contributed by atoms with Gasteiger partial charge in [0.05, 0.1) is 21.2 Å². The predicted molar refractivity (Wildman–Crippen MR) is 131 cm³/mol. The lowest BCUT2D eigenvalue weighted by atomic mass is 10.2. The second-order valence-corrected chi connectivity index (χ2v) is 11.5. The first-order valence-corrected chi connectivity index (χ1v) is 13.6. The fraction of sp³-hybridized carbons (Fsp3) is 0.217. The van der Waals surface area contributed by atoms with Crippen LogP contribution in [0, 0.1) is 11.6 Å². The van der Waals surface area contributed by atoms with Crippen molar-refractivity contribution in [1.29, 1.82) is 0 Å². The third kappa shape index (κ3) is 5.89. The second kappa shape index (κ2) is 9.80. The minimum atomic E-state index is -4.25. The van der Waals surface area contributed by atoms with E-state index in [-0.39, 0.29) is 21.2 Å². The summed E-state index contributed by atoms with van der Waals surface area (Å²) in [4.78, 5) is 3.57. The highest BCUT2D eigenvalue weighted by Crippen LogP contribution is 2.32. The maximum atomic E-state index is 13.7. The first-order chi connectivity index (χ1) is 16.5. The van der Waals surface area contributed by atoms with Crippen LogP contribution in [0.15, 0.2) is 76.5 Å². The van der Waals surface area contributed by atoms with Crippen LogP contribution in [0.1, 0.15) is 0 Å². The summed E-state index contributed by atoms with van der Waals surface area (Å²) in [5.41, 5.74) is 0.571. The van der Waals surface area contributed by atoms with E-state index in [1.807, 2.05) is 11.9 Å². The zero-order valence-electron chi connectivity index (χ0n) is 18.8. The Bertz CT molecular complexity index is 1440. The Hall–Kier alpha value is -3.22. The summed E-state index contributed by atoms with van der Waals surface area (Å²) < 4.78 is 83.8. The monoisotopic (exact) mass is 522 g/mol. The molecule has 2 N–H and O–H groups in total. The molecule has 0 saturated carbocycles. The SMILES string of the molecule is CN1CCN(c2ccc(NS(=O)(=O)c3cccc(F)c3)c(NS(=O)(=O)c3cccc(F)c3)c2)CC1. The maximum Gasteiger partial charge on any atom is 0.262 e. The number of nitrogens with zero attached hydrogens (tertiary/aromatic N) is 2. The first-order valence-electron chi connectivity index (χ1n) is 10.7. The number of sulfonamides is 2. The van der Waals surface area contributed by atoms with Gasteiger partial charge >= 0.3 is 0 Å². The molecule has 1 aliphatic heterocycles. The van der Waals surface area contributed by atoms with E-state index in [0.717, 1.165) is 37.4 Å². The van der Waals surface area contributed by atoms with E-state index in [4.69, 9.17) is 0 Å². The molecule has 0 atom stereocenters. The lowest BCUT2D eigenvalue weighted by molar-refractivity contribution is 0.313. The molecule has 0 aliphatic carbocycles. The van der Waals surface area contributed by atoms with Crippen LogP contribution >= 0.6 is 0 Å². The van der Waals surface area contributed by atoms with E-state index in [0.29, 0.717) is 18.8 Å². The van der Waals surface area contributed by atoms with Crippen LogP contribution < -0.4 is 14.3 Å². The van der Waals surface area contributed by atoms with Crippen molar-refractivity contribution >= 4 is 37.1 Å². The van der Waals surface area contributed by atoms with Crippen molar-refractivity contribution < 1.29 is 25.6 Å². The van der Waals surface area contributed by atoms with E-state index >= 15 is 0 Å². The average Bonchev–Trinajstić information content (AvgIpc) is 2.80. The summed E-state index contributed by atoms with van der Waals surface area (Å²) in [7, 11) is -6.49. The minimum Gasteiger partial charge on any atom is -0.369 e. The van der Waals surface area contributed by atoms with Gasteiger partial charge in [-0.3, -0.25) is 9.44 Å². The van der Waals surface area contributed by atoms with Gasteiger partial charge in [-0.2, -0.15) is 0 Å². The molecule has 0 spiro atoms. The number of anilines is 3. The Morgan fingerprint density at radius 3 is 1.71 bits per heavy atom. The highest BCUT2D eigenvalue weighted by Gasteiger charge is 2.23. The van der Waals surface area contributed by atoms with E-state index < -0.39 is 31.7 Å². The Morgan fingerprint density at radius 1 is 0.686 bits per heavy atom. The molecule has 4 rings (SSSR count). The van der Waals surface area contributed by atoms with Crippen LogP contribution in [-0.2, 0) is 20.0 Å². The zero-order chi connectivity index (χ0) is 25.2. The van der Waals surface area contributed by atoms with Crippen molar-refractivity contribution in [3.63, 3.8) is 0 Å². The van der Waals surface area contributed by atoms with Crippen molar-refractivity contribution in [2.75, 3.05) is 47.6 Å².